The fourth-order valence-electron chi connectivity index (χ4n) is 2.30. The highest BCUT2D eigenvalue weighted by Crippen LogP contribution is 2.33. The molecule has 122 valence electrons. The second kappa shape index (κ2) is 6.84. The Labute approximate surface area is 145 Å². The lowest BCUT2D eigenvalue weighted by Gasteiger charge is -2.12. The third kappa shape index (κ3) is 3.63. The monoisotopic (exact) mass is 338 g/mol. The van der Waals surface area contributed by atoms with Crippen molar-refractivity contribution >= 4 is 23.0 Å². The van der Waals surface area contributed by atoms with Crippen LogP contribution in [0.15, 0.2) is 54.7 Å². The van der Waals surface area contributed by atoms with Crippen LogP contribution in [-0.4, -0.2) is 25.0 Å². The molecule has 0 aliphatic carbocycles. The van der Waals surface area contributed by atoms with Crippen LogP contribution < -0.4 is 9.64 Å². The molecule has 0 bridgehead atoms. The van der Waals surface area contributed by atoms with Gasteiger partial charge in [0.15, 0.2) is 0 Å². The highest BCUT2D eigenvalue weighted by Gasteiger charge is 2.08. The van der Waals surface area contributed by atoms with Gasteiger partial charge in [-0.05, 0) is 42.0 Å². The van der Waals surface area contributed by atoms with Gasteiger partial charge in [-0.3, -0.25) is 4.79 Å². The molecule has 4 nitrogen and oxygen atoms in total. The molecule has 3 aromatic rings. The fraction of sp³-hybridized carbons (Fsp3) is 0.158. The maximum Gasteiger partial charge on any atom is 0.308 e. The Bertz CT molecular complexity index is 837. The zero-order valence-electron chi connectivity index (χ0n) is 13.8. The third-order valence-corrected chi connectivity index (χ3v) is 4.63. The number of anilines is 1. The smallest absolute Gasteiger partial charge is 0.308 e. The molecule has 0 saturated heterocycles. The van der Waals surface area contributed by atoms with Crippen molar-refractivity contribution in [2.45, 2.75) is 6.92 Å². The molecule has 0 fully saturated rings. The van der Waals surface area contributed by atoms with Crippen molar-refractivity contribution in [3.05, 3.63) is 54.7 Å². The zero-order chi connectivity index (χ0) is 17.1. The molecule has 0 spiro atoms. The summed E-state index contributed by atoms with van der Waals surface area (Å²) in [5.41, 5.74) is 3.33. The maximum atomic E-state index is 11.0. The molecule has 2 aromatic carbocycles. The van der Waals surface area contributed by atoms with Crippen LogP contribution in [0.4, 0.5) is 5.69 Å². The van der Waals surface area contributed by atoms with E-state index in [4.69, 9.17) is 4.74 Å². The number of carbonyl (C=O) groups is 1. The standard InChI is InChI=1S/C19H18N2O2S/c1-13(22)23-17-10-6-15(7-11-17)19-20-12-18(24-19)14-4-8-16(9-5-14)21(2)3/h4-12H,1-3H3. The van der Waals surface area contributed by atoms with E-state index in [0.717, 1.165) is 21.0 Å². The van der Waals surface area contributed by atoms with E-state index in [1.54, 1.807) is 23.5 Å². The molecule has 0 atom stereocenters. The summed E-state index contributed by atoms with van der Waals surface area (Å²) < 4.78 is 5.05. The topological polar surface area (TPSA) is 42.4 Å². The Morgan fingerprint density at radius 1 is 1.00 bits per heavy atom. The van der Waals surface area contributed by atoms with Gasteiger partial charge in [0, 0.05) is 38.5 Å². The van der Waals surface area contributed by atoms with Gasteiger partial charge >= 0.3 is 5.97 Å². The van der Waals surface area contributed by atoms with E-state index in [0.29, 0.717) is 5.75 Å². The highest BCUT2D eigenvalue weighted by molar-refractivity contribution is 7.18. The van der Waals surface area contributed by atoms with Gasteiger partial charge < -0.3 is 9.64 Å². The van der Waals surface area contributed by atoms with E-state index in [-0.39, 0.29) is 5.97 Å². The summed E-state index contributed by atoms with van der Waals surface area (Å²) in [6.07, 6.45) is 1.89. The minimum atomic E-state index is -0.319. The van der Waals surface area contributed by atoms with E-state index < -0.39 is 0 Å². The van der Waals surface area contributed by atoms with E-state index in [1.165, 1.54) is 12.6 Å². The molecule has 0 aliphatic rings. The van der Waals surface area contributed by atoms with Crippen LogP contribution in [0.5, 0.6) is 5.75 Å². The molecule has 24 heavy (non-hydrogen) atoms. The number of rotatable bonds is 4. The van der Waals surface area contributed by atoms with Crippen molar-refractivity contribution in [3.8, 4) is 26.8 Å². The molecular weight excluding hydrogens is 320 g/mol. The van der Waals surface area contributed by atoms with Gasteiger partial charge in [-0.1, -0.05) is 12.1 Å². The van der Waals surface area contributed by atoms with Crippen molar-refractivity contribution in [2.24, 2.45) is 0 Å². The summed E-state index contributed by atoms with van der Waals surface area (Å²) >= 11 is 1.64. The Kier molecular flexibility index (Phi) is 4.62. The first-order chi connectivity index (χ1) is 11.5. The fourth-order valence-corrected chi connectivity index (χ4v) is 3.22. The van der Waals surface area contributed by atoms with Crippen molar-refractivity contribution in [3.63, 3.8) is 0 Å². The van der Waals surface area contributed by atoms with E-state index in [2.05, 4.69) is 34.1 Å². The average molecular weight is 338 g/mol. The molecule has 3 rings (SSSR count). The van der Waals surface area contributed by atoms with Gasteiger partial charge in [0.25, 0.3) is 0 Å². The van der Waals surface area contributed by atoms with Gasteiger partial charge in [-0.25, -0.2) is 4.98 Å². The number of thiazole rings is 1. The van der Waals surface area contributed by atoms with Crippen LogP contribution in [-0.2, 0) is 4.79 Å². The largest absolute Gasteiger partial charge is 0.427 e. The second-order valence-corrected chi connectivity index (χ2v) is 6.62. The lowest BCUT2D eigenvalue weighted by atomic mass is 10.2. The first-order valence-electron chi connectivity index (χ1n) is 7.55. The summed E-state index contributed by atoms with van der Waals surface area (Å²) in [7, 11) is 4.05. The van der Waals surface area contributed by atoms with Crippen LogP contribution in [0.3, 0.4) is 0 Å². The number of nitrogens with zero attached hydrogens (tertiary/aromatic N) is 2. The molecule has 0 N–H and O–H groups in total. The molecule has 5 heteroatoms. The van der Waals surface area contributed by atoms with E-state index in [9.17, 15) is 4.79 Å². The number of ether oxygens (including phenoxy) is 1. The quantitative estimate of drug-likeness (QED) is 0.520. The molecular formula is C19H18N2O2S. The number of hydrogen-bond acceptors (Lipinski definition) is 5. The van der Waals surface area contributed by atoms with E-state index in [1.807, 2.05) is 32.4 Å². The zero-order valence-corrected chi connectivity index (χ0v) is 14.6. The molecule has 0 radical (unpaired) electrons. The number of hydrogen-bond donors (Lipinski definition) is 0. The van der Waals surface area contributed by atoms with Gasteiger partial charge in [0.2, 0.25) is 0 Å². The van der Waals surface area contributed by atoms with Crippen LogP contribution in [0, 0.1) is 0 Å². The summed E-state index contributed by atoms with van der Waals surface area (Å²) in [6, 6.07) is 15.8. The van der Waals surface area contributed by atoms with Crippen molar-refractivity contribution in [1.82, 2.24) is 4.98 Å². The summed E-state index contributed by atoms with van der Waals surface area (Å²) in [5.74, 6) is 0.225. The lowest BCUT2D eigenvalue weighted by molar-refractivity contribution is -0.131. The van der Waals surface area contributed by atoms with E-state index >= 15 is 0 Å². The third-order valence-electron chi connectivity index (χ3n) is 3.54. The summed E-state index contributed by atoms with van der Waals surface area (Å²) in [5, 5.41) is 0.941. The van der Waals surface area contributed by atoms with Crippen molar-refractivity contribution in [2.75, 3.05) is 19.0 Å². The minimum absolute atomic E-state index is 0.319. The Morgan fingerprint density at radius 3 is 2.21 bits per heavy atom. The predicted octanol–water partition coefficient (Wildman–Crippen LogP) is 4.47. The first-order valence-corrected chi connectivity index (χ1v) is 8.37. The normalized spacial score (nSPS) is 10.5. The number of carbonyl (C=O) groups excluding carboxylic acids is 1. The Hall–Kier alpha value is -2.66. The van der Waals surface area contributed by atoms with Crippen LogP contribution in [0.1, 0.15) is 6.92 Å². The van der Waals surface area contributed by atoms with Gasteiger partial charge in [0.05, 0.1) is 4.88 Å². The first kappa shape index (κ1) is 16.2. The predicted molar refractivity (Wildman–Crippen MR) is 98.6 cm³/mol. The molecule has 1 heterocycles. The van der Waals surface area contributed by atoms with Gasteiger partial charge in [0.1, 0.15) is 10.8 Å². The Balaban J connectivity index is 1.81. The van der Waals surface area contributed by atoms with Gasteiger partial charge in [-0.15, -0.1) is 11.3 Å². The van der Waals surface area contributed by atoms with Crippen LogP contribution in [0.2, 0.25) is 0 Å². The van der Waals surface area contributed by atoms with Crippen molar-refractivity contribution in [1.29, 1.82) is 0 Å². The number of benzene rings is 2. The molecule has 0 saturated carbocycles. The SMILES string of the molecule is CC(=O)Oc1ccc(-c2ncc(-c3ccc(N(C)C)cc3)s2)cc1. The summed E-state index contributed by atoms with van der Waals surface area (Å²) in [4.78, 5) is 18.7. The Morgan fingerprint density at radius 2 is 1.62 bits per heavy atom. The van der Waals surface area contributed by atoms with Gasteiger partial charge in [-0.2, -0.15) is 0 Å². The molecule has 0 aliphatic heterocycles. The maximum absolute atomic E-state index is 11.0. The number of aromatic nitrogens is 1. The minimum Gasteiger partial charge on any atom is -0.427 e. The highest BCUT2D eigenvalue weighted by atomic mass is 32.1. The van der Waals surface area contributed by atoms with Crippen LogP contribution >= 0.6 is 11.3 Å². The number of esters is 1. The van der Waals surface area contributed by atoms with Crippen LogP contribution in [0.25, 0.3) is 21.0 Å². The average Bonchev–Trinajstić information content (AvgIpc) is 3.05. The lowest BCUT2D eigenvalue weighted by Crippen LogP contribution is -2.07. The van der Waals surface area contributed by atoms with Crippen molar-refractivity contribution < 1.29 is 9.53 Å². The molecule has 0 unspecified atom stereocenters. The second-order valence-electron chi connectivity index (χ2n) is 5.59. The molecule has 0 amide bonds. The summed E-state index contributed by atoms with van der Waals surface area (Å²) in [6.45, 7) is 1.39. The molecule has 1 aromatic heterocycles.